The summed E-state index contributed by atoms with van der Waals surface area (Å²) in [6.07, 6.45) is 3.03. The van der Waals surface area contributed by atoms with Crippen LogP contribution in [0.1, 0.15) is 36.0 Å². The smallest absolute Gasteiger partial charge is 0.299 e. The van der Waals surface area contributed by atoms with Crippen molar-refractivity contribution in [3.63, 3.8) is 0 Å². The van der Waals surface area contributed by atoms with Crippen LogP contribution in [0.3, 0.4) is 0 Å². The zero-order valence-electron chi connectivity index (χ0n) is 19.7. The number of piperidine rings is 1. The molecule has 4 heterocycles. The van der Waals surface area contributed by atoms with Crippen molar-refractivity contribution < 1.29 is 14.0 Å². The number of carbonyl (C=O) groups excluding carboxylic acids is 2. The first-order valence-electron chi connectivity index (χ1n) is 12.2. The van der Waals surface area contributed by atoms with E-state index >= 15 is 0 Å². The number of para-hydroxylation sites is 3. The Morgan fingerprint density at radius 1 is 1.03 bits per heavy atom. The highest BCUT2D eigenvalue weighted by molar-refractivity contribution is 6.30. The summed E-state index contributed by atoms with van der Waals surface area (Å²) in [4.78, 5) is 39.6. The number of nitrogens with zero attached hydrogens (tertiary/aromatic N) is 4. The monoisotopic (exact) mass is 503 g/mol. The van der Waals surface area contributed by atoms with E-state index in [0.29, 0.717) is 55.2 Å². The molecule has 2 aliphatic heterocycles. The van der Waals surface area contributed by atoms with Crippen LogP contribution in [0.25, 0.3) is 22.0 Å². The molecule has 2 saturated heterocycles. The molecular weight excluding hydrogens is 478 g/mol. The lowest BCUT2D eigenvalue weighted by Gasteiger charge is -2.47. The minimum absolute atomic E-state index is 0.123. The van der Waals surface area contributed by atoms with Gasteiger partial charge in [0, 0.05) is 30.9 Å². The van der Waals surface area contributed by atoms with Crippen molar-refractivity contribution in [1.82, 2.24) is 14.9 Å². The van der Waals surface area contributed by atoms with Gasteiger partial charge in [0.25, 0.3) is 11.9 Å². The maximum Gasteiger partial charge on any atom is 0.299 e. The van der Waals surface area contributed by atoms with Gasteiger partial charge in [-0.05, 0) is 49.9 Å². The third-order valence-electron chi connectivity index (χ3n) is 7.68. The Hall–Kier alpha value is -3.65. The summed E-state index contributed by atoms with van der Waals surface area (Å²) < 4.78 is 6.08. The molecule has 2 atom stereocenters. The molecule has 2 aromatic heterocycles. The van der Waals surface area contributed by atoms with Gasteiger partial charge in [-0.25, -0.2) is 4.98 Å². The van der Waals surface area contributed by atoms with Crippen LogP contribution < -0.4 is 10.6 Å². The van der Waals surface area contributed by atoms with Gasteiger partial charge >= 0.3 is 0 Å². The lowest BCUT2D eigenvalue weighted by molar-refractivity contribution is -0.126. The molecule has 0 bridgehead atoms. The number of anilines is 1. The zero-order chi connectivity index (χ0) is 24.9. The molecule has 2 amide bonds. The number of aromatic nitrogens is 2. The summed E-state index contributed by atoms with van der Waals surface area (Å²) in [5.74, 6) is -0.680. The maximum atomic E-state index is 13.7. The Bertz CT molecular complexity index is 1450. The molecule has 6 rings (SSSR count). The average Bonchev–Trinajstić information content (AvgIpc) is 3.55. The Kier molecular flexibility index (Phi) is 5.56. The van der Waals surface area contributed by atoms with Crippen molar-refractivity contribution in [3.8, 4) is 0 Å². The van der Waals surface area contributed by atoms with Crippen molar-refractivity contribution in [2.45, 2.75) is 31.2 Å². The van der Waals surface area contributed by atoms with E-state index in [-0.39, 0.29) is 17.0 Å². The second-order valence-electron chi connectivity index (χ2n) is 9.61. The summed E-state index contributed by atoms with van der Waals surface area (Å²) in [6, 6.07) is 17.0. The molecule has 0 spiro atoms. The number of hydrogen-bond donors (Lipinski definition) is 1. The van der Waals surface area contributed by atoms with Gasteiger partial charge in [-0.3, -0.25) is 9.59 Å². The van der Waals surface area contributed by atoms with E-state index in [1.165, 1.54) is 0 Å². The number of rotatable bonds is 4. The van der Waals surface area contributed by atoms with Gasteiger partial charge in [-0.2, -0.15) is 4.98 Å². The van der Waals surface area contributed by atoms with Crippen molar-refractivity contribution in [2.75, 3.05) is 24.5 Å². The normalized spacial score (nSPS) is 22.4. The first kappa shape index (κ1) is 22.8. The largest absolute Gasteiger partial charge is 0.423 e. The topological polar surface area (TPSA) is 106 Å². The van der Waals surface area contributed by atoms with E-state index in [1.54, 1.807) is 11.0 Å². The first-order chi connectivity index (χ1) is 17.5. The highest BCUT2D eigenvalue weighted by Gasteiger charge is 2.54. The van der Waals surface area contributed by atoms with Crippen LogP contribution in [0, 0.1) is 5.92 Å². The molecule has 1 unspecified atom stereocenters. The summed E-state index contributed by atoms with van der Waals surface area (Å²) in [5, 5.41) is 1.03. The Balaban J connectivity index is 1.34. The molecule has 0 aliphatic carbocycles. The van der Waals surface area contributed by atoms with E-state index in [1.807, 2.05) is 53.4 Å². The van der Waals surface area contributed by atoms with E-state index in [4.69, 9.17) is 21.8 Å². The highest BCUT2D eigenvalue weighted by atomic mass is 35.5. The standard InChI is InChI=1S/C27H26ClN5O3/c28-23-15-19(18-7-1-2-8-20(18)30-23)24(34)32-14-11-17(16-32)27(25(29)35)12-5-6-13-33(27)26-31-21-9-3-4-10-22(21)36-26/h1-4,7-10,15,17H,5-6,11-14,16H2,(H2,29,35)/t17-,27?/m0/s1. The van der Waals surface area contributed by atoms with Crippen LogP contribution in [0.5, 0.6) is 0 Å². The minimum Gasteiger partial charge on any atom is -0.423 e. The number of nitrogens with two attached hydrogens (primary N) is 1. The summed E-state index contributed by atoms with van der Waals surface area (Å²) in [5.41, 5.74) is 7.76. The molecule has 2 aromatic carbocycles. The molecular formula is C27H26ClN5O3. The van der Waals surface area contributed by atoms with Gasteiger partial charge in [0.2, 0.25) is 5.91 Å². The minimum atomic E-state index is -0.980. The fourth-order valence-electron chi connectivity index (χ4n) is 5.95. The third kappa shape index (κ3) is 3.59. The molecule has 2 N–H and O–H groups in total. The van der Waals surface area contributed by atoms with Gasteiger partial charge in [0.05, 0.1) is 11.1 Å². The number of amides is 2. The molecule has 8 nitrogen and oxygen atoms in total. The fraction of sp³-hybridized carbons (Fsp3) is 0.333. The van der Waals surface area contributed by atoms with Crippen LogP contribution in [-0.4, -0.2) is 51.9 Å². The number of oxazole rings is 1. The molecule has 184 valence electrons. The lowest BCUT2D eigenvalue weighted by Crippen LogP contribution is -2.65. The number of carbonyl (C=O) groups is 2. The van der Waals surface area contributed by atoms with Crippen molar-refractivity contribution in [2.24, 2.45) is 11.7 Å². The van der Waals surface area contributed by atoms with Crippen LogP contribution in [0.2, 0.25) is 5.15 Å². The first-order valence-corrected chi connectivity index (χ1v) is 12.6. The summed E-state index contributed by atoms with van der Waals surface area (Å²) in [6.45, 7) is 1.55. The highest BCUT2D eigenvalue weighted by Crippen LogP contribution is 2.43. The third-order valence-corrected chi connectivity index (χ3v) is 7.87. The molecule has 36 heavy (non-hydrogen) atoms. The second kappa shape index (κ2) is 8.78. The van der Waals surface area contributed by atoms with Crippen molar-refractivity contribution in [3.05, 3.63) is 65.3 Å². The molecule has 0 radical (unpaired) electrons. The van der Waals surface area contributed by atoms with Crippen LogP contribution in [0.4, 0.5) is 6.01 Å². The van der Waals surface area contributed by atoms with Crippen LogP contribution in [0.15, 0.2) is 59.0 Å². The number of likely N-dealkylation sites (tertiary alicyclic amines) is 1. The Morgan fingerprint density at radius 2 is 1.81 bits per heavy atom. The summed E-state index contributed by atoms with van der Waals surface area (Å²) >= 11 is 6.24. The Labute approximate surface area is 213 Å². The molecule has 9 heteroatoms. The number of fused-ring (bicyclic) bond motifs is 2. The molecule has 4 aromatic rings. The second-order valence-corrected chi connectivity index (χ2v) is 10.00. The molecule has 0 saturated carbocycles. The summed E-state index contributed by atoms with van der Waals surface area (Å²) in [7, 11) is 0. The molecule has 2 fully saturated rings. The van der Waals surface area contributed by atoms with Crippen molar-refractivity contribution >= 4 is 51.4 Å². The van der Waals surface area contributed by atoms with Gasteiger partial charge in [0.1, 0.15) is 16.2 Å². The van der Waals surface area contributed by atoms with Crippen LogP contribution in [-0.2, 0) is 4.79 Å². The van der Waals surface area contributed by atoms with Crippen LogP contribution >= 0.6 is 11.6 Å². The number of hydrogen-bond acceptors (Lipinski definition) is 6. The fourth-order valence-corrected chi connectivity index (χ4v) is 6.15. The SMILES string of the molecule is NC(=O)C1([C@H]2CCN(C(=O)c3cc(Cl)nc4ccccc34)C2)CCCCN1c1nc2ccccc2o1. The number of benzene rings is 2. The van der Waals surface area contributed by atoms with E-state index in [9.17, 15) is 9.59 Å². The van der Waals surface area contributed by atoms with E-state index in [2.05, 4.69) is 9.97 Å². The Morgan fingerprint density at radius 3 is 2.61 bits per heavy atom. The number of primary amides is 1. The van der Waals surface area contributed by atoms with Gasteiger partial charge in [-0.1, -0.05) is 41.9 Å². The van der Waals surface area contributed by atoms with Gasteiger partial charge in [-0.15, -0.1) is 0 Å². The number of pyridine rings is 1. The lowest BCUT2D eigenvalue weighted by atomic mass is 9.75. The zero-order valence-corrected chi connectivity index (χ0v) is 20.4. The predicted octanol–water partition coefficient (Wildman–Crippen LogP) is 4.41. The van der Waals surface area contributed by atoms with E-state index < -0.39 is 11.4 Å². The maximum absolute atomic E-state index is 13.7. The van der Waals surface area contributed by atoms with E-state index in [0.717, 1.165) is 23.7 Å². The predicted molar refractivity (Wildman–Crippen MR) is 138 cm³/mol. The van der Waals surface area contributed by atoms with Crippen molar-refractivity contribution in [1.29, 1.82) is 0 Å². The molecule has 2 aliphatic rings. The van der Waals surface area contributed by atoms with Gasteiger partial charge < -0.3 is 20.0 Å². The van der Waals surface area contributed by atoms with Gasteiger partial charge in [0.15, 0.2) is 5.58 Å². The number of halogens is 1. The average molecular weight is 504 g/mol. The quantitative estimate of drug-likeness (QED) is 0.414.